The molecule has 1 aromatic carbocycles. The summed E-state index contributed by atoms with van der Waals surface area (Å²) in [5.41, 5.74) is 1.01. The molecule has 1 aromatic heterocycles. The lowest BCUT2D eigenvalue weighted by atomic mass is 10.3. The van der Waals surface area contributed by atoms with Crippen LogP contribution in [-0.2, 0) is 16.6 Å². The fourth-order valence-corrected chi connectivity index (χ4v) is 2.89. The predicted molar refractivity (Wildman–Crippen MR) is 73.6 cm³/mol. The molecular weight excluding hydrogens is 288 g/mol. The Kier molecular flexibility index (Phi) is 4.08. The molecule has 8 heteroatoms. The van der Waals surface area contributed by atoms with Crippen LogP contribution in [0.25, 0.3) is 0 Å². The maximum Gasteiger partial charge on any atom is 0.279 e. The molecule has 0 fully saturated rings. The van der Waals surface area contributed by atoms with E-state index in [0.717, 1.165) is 0 Å². The van der Waals surface area contributed by atoms with Crippen LogP contribution in [0, 0.1) is 0 Å². The van der Waals surface area contributed by atoms with E-state index < -0.39 is 10.0 Å². The van der Waals surface area contributed by atoms with Crippen molar-refractivity contribution in [3.8, 4) is 0 Å². The minimum absolute atomic E-state index is 0.0526. The van der Waals surface area contributed by atoms with Crippen LogP contribution in [0.5, 0.6) is 0 Å². The number of sulfonamides is 1. The summed E-state index contributed by atoms with van der Waals surface area (Å²) in [7, 11) is -1.95. The Bertz CT molecular complexity index is 652. The van der Waals surface area contributed by atoms with E-state index in [9.17, 15) is 8.42 Å². The van der Waals surface area contributed by atoms with Crippen LogP contribution in [0.1, 0.15) is 5.56 Å². The third-order valence-electron chi connectivity index (χ3n) is 2.41. The van der Waals surface area contributed by atoms with Gasteiger partial charge in [0.05, 0.1) is 6.20 Å². The summed E-state index contributed by atoms with van der Waals surface area (Å²) in [6, 6.07) is 6.41. The first kappa shape index (κ1) is 13.9. The van der Waals surface area contributed by atoms with Gasteiger partial charge in [-0.2, -0.15) is 13.5 Å². The standard InChI is InChI=1S/C11H13ClN4O2S/c1-13-6-8-7-14-15-11(8)19(17,18)16-10-4-2-9(12)3-5-10/h2-5,7,13,16H,6H2,1H3,(H,14,15). The van der Waals surface area contributed by atoms with E-state index in [-0.39, 0.29) is 5.03 Å². The molecule has 0 spiro atoms. The molecule has 0 aliphatic carbocycles. The SMILES string of the molecule is CNCc1cn[nH]c1S(=O)(=O)Nc1ccc(Cl)cc1. The van der Waals surface area contributed by atoms with E-state index in [1.165, 1.54) is 6.20 Å². The molecule has 0 saturated carbocycles. The summed E-state index contributed by atoms with van der Waals surface area (Å²) in [4.78, 5) is 0. The fourth-order valence-electron chi connectivity index (χ4n) is 1.57. The van der Waals surface area contributed by atoms with E-state index in [1.807, 2.05) is 0 Å². The minimum Gasteiger partial charge on any atom is -0.316 e. The average Bonchev–Trinajstić information content (AvgIpc) is 2.81. The maximum atomic E-state index is 12.2. The van der Waals surface area contributed by atoms with Crippen LogP contribution in [0.4, 0.5) is 5.69 Å². The summed E-state index contributed by atoms with van der Waals surface area (Å²) in [5, 5.41) is 9.73. The van der Waals surface area contributed by atoms with Gasteiger partial charge in [-0.1, -0.05) is 11.6 Å². The molecule has 1 heterocycles. The maximum absolute atomic E-state index is 12.2. The molecule has 0 aliphatic rings. The first-order chi connectivity index (χ1) is 9.03. The van der Waals surface area contributed by atoms with Crippen LogP contribution in [0.2, 0.25) is 5.02 Å². The number of nitrogens with one attached hydrogen (secondary N) is 3. The number of nitrogens with zero attached hydrogens (tertiary/aromatic N) is 1. The summed E-state index contributed by atoms with van der Waals surface area (Å²) >= 11 is 5.75. The Balaban J connectivity index is 2.27. The van der Waals surface area contributed by atoms with Gasteiger partial charge < -0.3 is 5.32 Å². The van der Waals surface area contributed by atoms with Crippen LogP contribution in [0.3, 0.4) is 0 Å². The van der Waals surface area contributed by atoms with Gasteiger partial charge in [-0.25, -0.2) is 0 Å². The first-order valence-electron chi connectivity index (χ1n) is 5.48. The van der Waals surface area contributed by atoms with Crippen molar-refractivity contribution in [2.75, 3.05) is 11.8 Å². The number of H-pyrrole nitrogens is 1. The second kappa shape index (κ2) is 5.60. The molecule has 3 N–H and O–H groups in total. The number of aromatic nitrogens is 2. The van der Waals surface area contributed by atoms with Gasteiger partial charge in [0, 0.05) is 22.8 Å². The number of hydrogen-bond acceptors (Lipinski definition) is 4. The third kappa shape index (κ3) is 3.25. The molecule has 2 aromatic rings. The van der Waals surface area contributed by atoms with Crippen LogP contribution >= 0.6 is 11.6 Å². The highest BCUT2D eigenvalue weighted by atomic mass is 35.5. The largest absolute Gasteiger partial charge is 0.316 e. The third-order valence-corrected chi connectivity index (χ3v) is 4.06. The van der Waals surface area contributed by atoms with E-state index in [0.29, 0.717) is 22.8 Å². The monoisotopic (exact) mass is 300 g/mol. The van der Waals surface area contributed by atoms with Crippen molar-refractivity contribution in [1.82, 2.24) is 15.5 Å². The van der Waals surface area contributed by atoms with Crippen LogP contribution in [-0.4, -0.2) is 25.7 Å². The van der Waals surface area contributed by atoms with Gasteiger partial charge in [0.2, 0.25) is 0 Å². The van der Waals surface area contributed by atoms with Crippen molar-refractivity contribution in [3.05, 3.63) is 41.0 Å². The zero-order valence-corrected chi connectivity index (χ0v) is 11.7. The second-order valence-corrected chi connectivity index (χ2v) is 5.92. The predicted octanol–water partition coefficient (Wildman–Crippen LogP) is 1.58. The second-order valence-electron chi connectivity index (χ2n) is 3.87. The van der Waals surface area contributed by atoms with Gasteiger partial charge in [0.25, 0.3) is 10.0 Å². The van der Waals surface area contributed by atoms with Gasteiger partial charge in [-0.15, -0.1) is 0 Å². The Morgan fingerprint density at radius 3 is 2.63 bits per heavy atom. The Labute approximate surface area is 116 Å². The minimum atomic E-state index is -3.69. The summed E-state index contributed by atoms with van der Waals surface area (Å²) in [5.74, 6) is 0. The van der Waals surface area contributed by atoms with Crippen LogP contribution in [0.15, 0.2) is 35.5 Å². The molecule has 6 nitrogen and oxygen atoms in total. The van der Waals surface area contributed by atoms with Gasteiger partial charge in [-0.3, -0.25) is 9.82 Å². The molecule has 0 aliphatic heterocycles. The van der Waals surface area contributed by atoms with Gasteiger partial charge in [0.1, 0.15) is 0 Å². The first-order valence-corrected chi connectivity index (χ1v) is 7.34. The van der Waals surface area contributed by atoms with E-state index >= 15 is 0 Å². The summed E-state index contributed by atoms with van der Waals surface area (Å²) in [6.45, 7) is 0.410. The van der Waals surface area contributed by atoms with Crippen molar-refractivity contribution in [2.45, 2.75) is 11.6 Å². The lowest BCUT2D eigenvalue weighted by molar-refractivity contribution is 0.595. The lowest BCUT2D eigenvalue weighted by Crippen LogP contribution is -2.17. The highest BCUT2D eigenvalue weighted by Crippen LogP contribution is 2.19. The average molecular weight is 301 g/mol. The molecule has 0 unspecified atom stereocenters. The molecule has 0 radical (unpaired) electrons. The highest BCUT2D eigenvalue weighted by Gasteiger charge is 2.20. The number of aromatic amines is 1. The molecule has 0 amide bonds. The smallest absolute Gasteiger partial charge is 0.279 e. The summed E-state index contributed by atoms with van der Waals surface area (Å²) in [6.07, 6.45) is 1.48. The van der Waals surface area contributed by atoms with Crippen molar-refractivity contribution in [2.24, 2.45) is 0 Å². The topological polar surface area (TPSA) is 86.9 Å². The highest BCUT2D eigenvalue weighted by molar-refractivity contribution is 7.92. The zero-order valence-electron chi connectivity index (χ0n) is 10.1. The molecule has 0 bridgehead atoms. The molecule has 19 heavy (non-hydrogen) atoms. The Morgan fingerprint density at radius 1 is 1.32 bits per heavy atom. The van der Waals surface area contributed by atoms with Crippen LogP contribution < -0.4 is 10.0 Å². The van der Waals surface area contributed by atoms with Gasteiger partial charge in [0.15, 0.2) is 5.03 Å². The number of rotatable bonds is 5. The summed E-state index contributed by atoms with van der Waals surface area (Å²) < 4.78 is 26.9. The van der Waals surface area contributed by atoms with Gasteiger partial charge in [-0.05, 0) is 31.3 Å². The van der Waals surface area contributed by atoms with Gasteiger partial charge >= 0.3 is 0 Å². The number of benzene rings is 1. The van der Waals surface area contributed by atoms with E-state index in [2.05, 4.69) is 20.2 Å². The molecule has 0 atom stereocenters. The van der Waals surface area contributed by atoms with Crippen molar-refractivity contribution >= 4 is 27.3 Å². The number of halogens is 1. The number of anilines is 1. The van der Waals surface area contributed by atoms with E-state index in [4.69, 9.17) is 11.6 Å². The lowest BCUT2D eigenvalue weighted by Gasteiger charge is -2.08. The zero-order chi connectivity index (χ0) is 13.9. The Hall–Kier alpha value is -1.57. The van der Waals surface area contributed by atoms with Crippen molar-refractivity contribution in [1.29, 1.82) is 0 Å². The fraction of sp³-hybridized carbons (Fsp3) is 0.182. The molecule has 2 rings (SSSR count). The molecular formula is C11H13ClN4O2S. The number of hydrogen-bond donors (Lipinski definition) is 3. The van der Waals surface area contributed by atoms with E-state index in [1.54, 1.807) is 31.3 Å². The van der Waals surface area contributed by atoms with Crippen molar-refractivity contribution in [3.63, 3.8) is 0 Å². The Morgan fingerprint density at radius 2 is 2.00 bits per heavy atom. The molecule has 102 valence electrons. The molecule has 0 saturated heterocycles. The van der Waals surface area contributed by atoms with Crippen molar-refractivity contribution < 1.29 is 8.42 Å². The quantitative estimate of drug-likeness (QED) is 0.782. The normalized spacial score (nSPS) is 11.5.